The van der Waals surface area contributed by atoms with Crippen LogP contribution in [-0.4, -0.2) is 29.6 Å². The van der Waals surface area contributed by atoms with Crippen molar-refractivity contribution in [3.63, 3.8) is 0 Å². The molecule has 5 nitrogen and oxygen atoms in total. The van der Waals surface area contributed by atoms with E-state index in [1.165, 1.54) is 18.2 Å². The van der Waals surface area contributed by atoms with Crippen LogP contribution in [0.2, 0.25) is 0 Å². The number of anilines is 1. The molecule has 0 radical (unpaired) electrons. The minimum atomic E-state index is -1.21. The summed E-state index contributed by atoms with van der Waals surface area (Å²) >= 11 is 0. The number of carboxylic acids is 1. The second kappa shape index (κ2) is 6.72. The standard InChI is InChI=1S/C13H17FN2O3/c1-8(2)16-11(17)6-7-15-12-9(13(18)19)4-3-5-10(12)14/h3-5,8,15H,6-7H2,1-2H3,(H,16,17)(H,18,19). The fourth-order valence-corrected chi connectivity index (χ4v) is 1.58. The minimum absolute atomic E-state index is 0.0375. The van der Waals surface area contributed by atoms with Gasteiger partial charge in [-0.1, -0.05) is 6.07 Å². The number of amides is 1. The van der Waals surface area contributed by atoms with Crippen LogP contribution in [0.3, 0.4) is 0 Å². The van der Waals surface area contributed by atoms with Crippen LogP contribution in [0.25, 0.3) is 0 Å². The van der Waals surface area contributed by atoms with E-state index in [9.17, 15) is 14.0 Å². The molecule has 0 aromatic heterocycles. The second-order valence-corrected chi connectivity index (χ2v) is 4.37. The van der Waals surface area contributed by atoms with E-state index >= 15 is 0 Å². The Labute approximate surface area is 110 Å². The maximum atomic E-state index is 13.5. The van der Waals surface area contributed by atoms with Crippen molar-refractivity contribution in [1.82, 2.24) is 5.32 Å². The molecule has 0 aliphatic heterocycles. The topological polar surface area (TPSA) is 78.4 Å². The number of nitrogens with one attached hydrogen (secondary N) is 2. The van der Waals surface area contributed by atoms with Crippen molar-refractivity contribution < 1.29 is 19.1 Å². The average molecular weight is 268 g/mol. The lowest BCUT2D eigenvalue weighted by Gasteiger charge is -2.11. The molecule has 1 aromatic carbocycles. The van der Waals surface area contributed by atoms with Crippen molar-refractivity contribution in [2.45, 2.75) is 26.3 Å². The Kier molecular flexibility index (Phi) is 5.29. The van der Waals surface area contributed by atoms with Crippen molar-refractivity contribution >= 4 is 17.6 Å². The van der Waals surface area contributed by atoms with Crippen LogP contribution in [-0.2, 0) is 4.79 Å². The molecule has 0 bridgehead atoms. The molecule has 6 heteroatoms. The Morgan fingerprint density at radius 3 is 2.63 bits per heavy atom. The molecule has 1 aromatic rings. The summed E-state index contributed by atoms with van der Waals surface area (Å²) in [6.45, 7) is 3.84. The van der Waals surface area contributed by atoms with Gasteiger partial charge in [-0.15, -0.1) is 0 Å². The molecular formula is C13H17FN2O3. The maximum Gasteiger partial charge on any atom is 0.337 e. The highest BCUT2D eigenvalue weighted by Crippen LogP contribution is 2.19. The fraction of sp³-hybridized carbons (Fsp3) is 0.385. The van der Waals surface area contributed by atoms with E-state index in [0.717, 1.165) is 0 Å². The Bertz CT molecular complexity index is 475. The first-order valence-corrected chi connectivity index (χ1v) is 5.97. The summed E-state index contributed by atoms with van der Waals surface area (Å²) in [4.78, 5) is 22.3. The number of carbonyl (C=O) groups is 2. The molecule has 19 heavy (non-hydrogen) atoms. The Balaban J connectivity index is 2.63. The number of halogens is 1. The number of hydrogen-bond acceptors (Lipinski definition) is 3. The van der Waals surface area contributed by atoms with Gasteiger partial charge in [0.05, 0.1) is 11.3 Å². The normalized spacial score (nSPS) is 10.3. The van der Waals surface area contributed by atoms with Crippen molar-refractivity contribution in [2.75, 3.05) is 11.9 Å². The molecule has 0 fully saturated rings. The Morgan fingerprint density at radius 1 is 1.37 bits per heavy atom. The highest BCUT2D eigenvalue weighted by atomic mass is 19.1. The van der Waals surface area contributed by atoms with Crippen molar-refractivity contribution in [1.29, 1.82) is 0 Å². The zero-order chi connectivity index (χ0) is 14.4. The summed E-state index contributed by atoms with van der Waals surface area (Å²) in [6, 6.07) is 3.84. The van der Waals surface area contributed by atoms with Gasteiger partial charge in [-0.05, 0) is 26.0 Å². The molecule has 104 valence electrons. The third-order valence-electron chi connectivity index (χ3n) is 2.35. The number of carbonyl (C=O) groups excluding carboxylic acids is 1. The number of carboxylic acid groups (broad SMARTS) is 1. The molecule has 0 atom stereocenters. The third kappa shape index (κ3) is 4.57. The number of hydrogen-bond donors (Lipinski definition) is 3. The van der Waals surface area contributed by atoms with Gasteiger partial charge in [0, 0.05) is 19.0 Å². The predicted molar refractivity (Wildman–Crippen MR) is 69.7 cm³/mol. The number of benzene rings is 1. The molecule has 3 N–H and O–H groups in total. The highest BCUT2D eigenvalue weighted by molar-refractivity contribution is 5.94. The van der Waals surface area contributed by atoms with E-state index in [-0.39, 0.29) is 36.2 Å². The molecular weight excluding hydrogens is 251 g/mol. The van der Waals surface area contributed by atoms with Crippen LogP contribution in [0.1, 0.15) is 30.6 Å². The van der Waals surface area contributed by atoms with Crippen molar-refractivity contribution in [2.24, 2.45) is 0 Å². The summed E-state index contributed by atoms with van der Waals surface area (Å²) in [6.07, 6.45) is 0.144. The zero-order valence-corrected chi connectivity index (χ0v) is 10.9. The van der Waals surface area contributed by atoms with Crippen LogP contribution < -0.4 is 10.6 Å². The van der Waals surface area contributed by atoms with Gasteiger partial charge in [0.15, 0.2) is 0 Å². The SMILES string of the molecule is CC(C)NC(=O)CCNc1c(F)cccc1C(=O)O. The molecule has 0 spiro atoms. The maximum absolute atomic E-state index is 13.5. The predicted octanol–water partition coefficient (Wildman–Crippen LogP) is 1.85. The fourth-order valence-electron chi connectivity index (χ4n) is 1.58. The number of rotatable bonds is 6. The summed E-state index contributed by atoms with van der Waals surface area (Å²) in [7, 11) is 0. The van der Waals surface area contributed by atoms with Crippen LogP contribution >= 0.6 is 0 Å². The largest absolute Gasteiger partial charge is 0.478 e. The first-order chi connectivity index (χ1) is 8.91. The van der Waals surface area contributed by atoms with Crippen LogP contribution in [0, 0.1) is 5.82 Å². The van der Waals surface area contributed by atoms with Gasteiger partial charge in [-0.3, -0.25) is 4.79 Å². The smallest absolute Gasteiger partial charge is 0.337 e. The van der Waals surface area contributed by atoms with Crippen LogP contribution in [0.4, 0.5) is 10.1 Å². The molecule has 1 rings (SSSR count). The monoisotopic (exact) mass is 268 g/mol. The molecule has 0 heterocycles. The minimum Gasteiger partial charge on any atom is -0.478 e. The van der Waals surface area contributed by atoms with Crippen molar-refractivity contribution in [3.8, 4) is 0 Å². The van der Waals surface area contributed by atoms with Gasteiger partial charge in [0.25, 0.3) is 0 Å². The summed E-state index contributed by atoms with van der Waals surface area (Å²) in [5.41, 5.74) is -0.239. The summed E-state index contributed by atoms with van der Waals surface area (Å²) in [5, 5.41) is 14.3. The third-order valence-corrected chi connectivity index (χ3v) is 2.35. The molecule has 0 saturated carbocycles. The Morgan fingerprint density at radius 2 is 2.05 bits per heavy atom. The molecule has 0 aliphatic rings. The molecule has 0 saturated heterocycles. The van der Waals surface area contributed by atoms with E-state index in [1.54, 1.807) is 0 Å². The van der Waals surface area contributed by atoms with E-state index in [4.69, 9.17) is 5.11 Å². The summed E-state index contributed by atoms with van der Waals surface area (Å²) in [5.74, 6) is -2.03. The van der Waals surface area contributed by atoms with Crippen LogP contribution in [0.5, 0.6) is 0 Å². The number of para-hydroxylation sites is 1. The lowest BCUT2D eigenvalue weighted by atomic mass is 10.1. The van der Waals surface area contributed by atoms with Gasteiger partial charge in [-0.25, -0.2) is 9.18 Å². The first kappa shape index (κ1) is 14.9. The first-order valence-electron chi connectivity index (χ1n) is 5.97. The second-order valence-electron chi connectivity index (χ2n) is 4.37. The van der Waals surface area contributed by atoms with Gasteiger partial charge in [0.1, 0.15) is 5.82 Å². The molecule has 0 aliphatic carbocycles. The zero-order valence-electron chi connectivity index (χ0n) is 10.9. The lowest BCUT2D eigenvalue weighted by molar-refractivity contribution is -0.121. The lowest BCUT2D eigenvalue weighted by Crippen LogP contribution is -2.31. The van der Waals surface area contributed by atoms with E-state index in [1.807, 2.05) is 13.8 Å². The van der Waals surface area contributed by atoms with Gasteiger partial charge >= 0.3 is 5.97 Å². The molecule has 1 amide bonds. The van der Waals surface area contributed by atoms with E-state index in [2.05, 4.69) is 10.6 Å². The quantitative estimate of drug-likeness (QED) is 0.735. The van der Waals surface area contributed by atoms with Gasteiger partial charge in [-0.2, -0.15) is 0 Å². The van der Waals surface area contributed by atoms with E-state index in [0.29, 0.717) is 0 Å². The van der Waals surface area contributed by atoms with Crippen LogP contribution in [0.15, 0.2) is 18.2 Å². The van der Waals surface area contributed by atoms with Gasteiger partial charge in [0.2, 0.25) is 5.91 Å². The average Bonchev–Trinajstić information content (AvgIpc) is 2.29. The highest BCUT2D eigenvalue weighted by Gasteiger charge is 2.14. The summed E-state index contributed by atoms with van der Waals surface area (Å²) < 4.78 is 13.5. The molecule has 0 unspecified atom stereocenters. The number of aromatic carboxylic acids is 1. The Hall–Kier alpha value is -2.11. The van der Waals surface area contributed by atoms with E-state index < -0.39 is 11.8 Å². The van der Waals surface area contributed by atoms with Gasteiger partial charge < -0.3 is 15.7 Å². The van der Waals surface area contributed by atoms with Crippen molar-refractivity contribution in [3.05, 3.63) is 29.6 Å².